The van der Waals surface area contributed by atoms with Crippen molar-refractivity contribution in [1.82, 2.24) is 9.21 Å². The first kappa shape index (κ1) is 21.7. The number of methoxy groups -OCH3 is 1. The molecule has 27 heavy (non-hydrogen) atoms. The molecule has 0 N–H and O–H groups in total. The number of carbonyl (C=O) groups is 1. The Labute approximate surface area is 162 Å². The molecular weight excluding hydrogens is 368 g/mol. The summed E-state index contributed by atoms with van der Waals surface area (Å²) in [4.78, 5) is 14.6. The highest BCUT2D eigenvalue weighted by Crippen LogP contribution is 2.29. The maximum absolute atomic E-state index is 13.1. The first-order chi connectivity index (χ1) is 12.7. The van der Waals surface area contributed by atoms with Crippen molar-refractivity contribution in [1.29, 1.82) is 0 Å². The molecule has 0 aromatic heterocycles. The van der Waals surface area contributed by atoms with Gasteiger partial charge in [-0.3, -0.25) is 4.79 Å². The van der Waals surface area contributed by atoms with Crippen LogP contribution in [0.15, 0.2) is 23.1 Å². The van der Waals surface area contributed by atoms with Gasteiger partial charge in [-0.1, -0.05) is 13.8 Å². The predicted octanol–water partition coefficient (Wildman–Crippen LogP) is 2.22. The van der Waals surface area contributed by atoms with E-state index in [0.717, 1.165) is 6.42 Å². The Hall–Kier alpha value is -1.64. The highest BCUT2D eigenvalue weighted by molar-refractivity contribution is 7.89. The molecule has 8 heteroatoms. The third kappa shape index (κ3) is 5.00. The van der Waals surface area contributed by atoms with E-state index < -0.39 is 10.0 Å². The fraction of sp³-hybridized carbons (Fsp3) is 0.632. The van der Waals surface area contributed by atoms with Crippen LogP contribution < -0.4 is 4.74 Å². The molecule has 0 spiro atoms. The second kappa shape index (κ2) is 9.03. The summed E-state index contributed by atoms with van der Waals surface area (Å²) in [7, 11) is -0.600. The lowest BCUT2D eigenvalue weighted by molar-refractivity contribution is 0.0723. The Balaban J connectivity index is 2.35. The van der Waals surface area contributed by atoms with Crippen LogP contribution in [-0.2, 0) is 14.8 Å². The Bertz CT molecular complexity index is 757. The van der Waals surface area contributed by atoms with Gasteiger partial charge in [-0.25, -0.2) is 8.42 Å². The van der Waals surface area contributed by atoms with Gasteiger partial charge in [0.15, 0.2) is 0 Å². The zero-order valence-corrected chi connectivity index (χ0v) is 17.6. The number of hydrogen-bond donors (Lipinski definition) is 0. The molecule has 0 bridgehead atoms. The Kier molecular flexibility index (Phi) is 7.25. The molecule has 1 amide bonds. The van der Waals surface area contributed by atoms with E-state index in [0.29, 0.717) is 24.7 Å². The smallest absolute Gasteiger partial charge is 0.253 e. The van der Waals surface area contributed by atoms with Crippen molar-refractivity contribution < 1.29 is 22.7 Å². The molecule has 1 unspecified atom stereocenters. The van der Waals surface area contributed by atoms with Crippen molar-refractivity contribution in [2.75, 3.05) is 40.5 Å². The number of benzene rings is 1. The topological polar surface area (TPSA) is 76.2 Å². The van der Waals surface area contributed by atoms with Crippen LogP contribution in [0.2, 0.25) is 0 Å². The number of ether oxygens (including phenoxy) is 2. The first-order valence-electron chi connectivity index (χ1n) is 9.21. The number of amides is 1. The lowest BCUT2D eigenvalue weighted by atomic mass is 10.0. The lowest BCUT2D eigenvalue weighted by Gasteiger charge is -2.28. The van der Waals surface area contributed by atoms with Crippen molar-refractivity contribution in [3.05, 3.63) is 23.8 Å². The highest BCUT2D eigenvalue weighted by Gasteiger charge is 2.30. The number of morpholine rings is 1. The van der Waals surface area contributed by atoms with E-state index in [1.807, 2.05) is 6.92 Å². The van der Waals surface area contributed by atoms with Gasteiger partial charge in [0.1, 0.15) is 10.6 Å². The van der Waals surface area contributed by atoms with Gasteiger partial charge in [0.2, 0.25) is 10.0 Å². The fourth-order valence-corrected chi connectivity index (χ4v) is 4.77. The minimum absolute atomic E-state index is 0.0164. The van der Waals surface area contributed by atoms with Crippen LogP contribution in [0.25, 0.3) is 0 Å². The van der Waals surface area contributed by atoms with Gasteiger partial charge in [0.05, 0.1) is 20.3 Å². The zero-order valence-electron chi connectivity index (χ0n) is 16.8. The SMILES string of the molecule is COc1ccc(C(=O)N(C)C(C)CC(C)C)cc1S(=O)(=O)N1CCOCC1. The standard InChI is InChI=1S/C19H30N2O5S/c1-14(2)12-15(3)20(4)19(22)16-6-7-17(25-5)18(13-16)27(23,24)21-8-10-26-11-9-21/h6-7,13-15H,8-12H2,1-5H3. The zero-order chi connectivity index (χ0) is 20.2. The molecule has 1 atom stereocenters. The van der Waals surface area contributed by atoms with Gasteiger partial charge in [0.25, 0.3) is 5.91 Å². The van der Waals surface area contributed by atoms with Crippen LogP contribution in [0, 0.1) is 5.92 Å². The van der Waals surface area contributed by atoms with Gasteiger partial charge in [-0.15, -0.1) is 0 Å². The number of sulfonamides is 1. The summed E-state index contributed by atoms with van der Waals surface area (Å²) in [6, 6.07) is 4.63. The normalized spacial score (nSPS) is 17.0. The van der Waals surface area contributed by atoms with Crippen LogP contribution >= 0.6 is 0 Å². The summed E-state index contributed by atoms with van der Waals surface area (Å²) in [5.41, 5.74) is 0.334. The van der Waals surface area contributed by atoms with Gasteiger partial charge in [-0.2, -0.15) is 4.31 Å². The van der Waals surface area contributed by atoms with E-state index in [1.165, 1.54) is 17.5 Å². The minimum atomic E-state index is -3.77. The van der Waals surface area contributed by atoms with Crippen LogP contribution in [0.5, 0.6) is 5.75 Å². The van der Waals surface area contributed by atoms with Crippen LogP contribution in [0.4, 0.5) is 0 Å². The molecule has 152 valence electrons. The van der Waals surface area contributed by atoms with E-state index in [4.69, 9.17) is 9.47 Å². The maximum atomic E-state index is 13.1. The first-order valence-corrected chi connectivity index (χ1v) is 10.7. The number of carbonyl (C=O) groups excluding carboxylic acids is 1. The lowest BCUT2D eigenvalue weighted by Crippen LogP contribution is -2.41. The molecule has 1 aromatic carbocycles. The molecule has 7 nitrogen and oxygen atoms in total. The van der Waals surface area contributed by atoms with E-state index >= 15 is 0 Å². The van der Waals surface area contributed by atoms with E-state index in [2.05, 4.69) is 13.8 Å². The molecular formula is C19H30N2O5S. The fourth-order valence-electron chi connectivity index (χ4n) is 3.18. The van der Waals surface area contributed by atoms with Crippen molar-refractivity contribution in [3.8, 4) is 5.75 Å². The molecule has 1 aliphatic rings. The van der Waals surface area contributed by atoms with Crippen molar-refractivity contribution in [2.45, 2.75) is 38.1 Å². The number of hydrogen-bond acceptors (Lipinski definition) is 5. The van der Waals surface area contributed by atoms with Crippen LogP contribution in [0.1, 0.15) is 37.6 Å². The average Bonchev–Trinajstić information content (AvgIpc) is 2.66. The van der Waals surface area contributed by atoms with Crippen molar-refractivity contribution in [3.63, 3.8) is 0 Å². The summed E-state index contributed by atoms with van der Waals surface area (Å²) in [5, 5.41) is 0. The third-order valence-electron chi connectivity index (χ3n) is 4.79. The number of rotatable bonds is 7. The Morgan fingerprint density at radius 1 is 1.26 bits per heavy atom. The monoisotopic (exact) mass is 398 g/mol. The second-order valence-electron chi connectivity index (χ2n) is 7.28. The summed E-state index contributed by atoms with van der Waals surface area (Å²) < 4.78 is 38.0. The maximum Gasteiger partial charge on any atom is 0.253 e. The molecule has 1 heterocycles. The second-order valence-corrected chi connectivity index (χ2v) is 9.18. The average molecular weight is 399 g/mol. The Morgan fingerprint density at radius 3 is 2.44 bits per heavy atom. The Morgan fingerprint density at radius 2 is 1.89 bits per heavy atom. The quantitative estimate of drug-likeness (QED) is 0.704. The van der Waals surface area contributed by atoms with Gasteiger partial charge < -0.3 is 14.4 Å². The van der Waals surface area contributed by atoms with Crippen LogP contribution in [0.3, 0.4) is 0 Å². The van der Waals surface area contributed by atoms with Crippen LogP contribution in [-0.4, -0.2) is 70.0 Å². The molecule has 1 aromatic rings. The number of nitrogens with zero attached hydrogens (tertiary/aromatic N) is 2. The van der Waals surface area contributed by atoms with Crippen molar-refractivity contribution in [2.24, 2.45) is 5.92 Å². The van der Waals surface area contributed by atoms with E-state index in [9.17, 15) is 13.2 Å². The van der Waals surface area contributed by atoms with Gasteiger partial charge in [0, 0.05) is 31.7 Å². The molecule has 1 aliphatic heterocycles. The summed E-state index contributed by atoms with van der Waals surface area (Å²) >= 11 is 0. The summed E-state index contributed by atoms with van der Waals surface area (Å²) in [5.74, 6) is 0.489. The largest absolute Gasteiger partial charge is 0.495 e. The van der Waals surface area contributed by atoms with Crippen molar-refractivity contribution >= 4 is 15.9 Å². The molecule has 1 fully saturated rings. The highest BCUT2D eigenvalue weighted by atomic mass is 32.2. The van der Waals surface area contributed by atoms with Gasteiger partial charge in [-0.05, 0) is 37.5 Å². The van der Waals surface area contributed by atoms with E-state index in [1.54, 1.807) is 24.1 Å². The third-order valence-corrected chi connectivity index (χ3v) is 6.71. The van der Waals surface area contributed by atoms with Gasteiger partial charge >= 0.3 is 0 Å². The molecule has 0 saturated carbocycles. The summed E-state index contributed by atoms with van der Waals surface area (Å²) in [6.07, 6.45) is 0.872. The molecule has 0 aliphatic carbocycles. The summed E-state index contributed by atoms with van der Waals surface area (Å²) in [6.45, 7) is 7.49. The molecule has 2 rings (SSSR count). The molecule has 0 radical (unpaired) electrons. The molecule has 1 saturated heterocycles. The van der Waals surface area contributed by atoms with E-state index in [-0.39, 0.29) is 35.7 Å². The minimum Gasteiger partial charge on any atom is -0.495 e. The predicted molar refractivity (Wildman–Crippen MR) is 104 cm³/mol.